The molecule has 0 bridgehead atoms. The summed E-state index contributed by atoms with van der Waals surface area (Å²) >= 11 is 0. The van der Waals surface area contributed by atoms with E-state index in [0.29, 0.717) is 24.2 Å². The van der Waals surface area contributed by atoms with Gasteiger partial charge in [0.15, 0.2) is 0 Å². The van der Waals surface area contributed by atoms with Gasteiger partial charge in [-0.3, -0.25) is 14.4 Å². The fourth-order valence-electron chi connectivity index (χ4n) is 8.19. The summed E-state index contributed by atoms with van der Waals surface area (Å²) in [5, 5.41) is 19.4. The van der Waals surface area contributed by atoms with Gasteiger partial charge in [-0.25, -0.2) is 4.68 Å². The van der Waals surface area contributed by atoms with Crippen LogP contribution >= 0.6 is 0 Å². The Morgan fingerprint density at radius 1 is 0.854 bits per heavy atom. The van der Waals surface area contributed by atoms with Crippen molar-refractivity contribution in [2.24, 2.45) is 11.8 Å². The van der Waals surface area contributed by atoms with Crippen molar-refractivity contribution < 1.29 is 24.2 Å². The number of carbonyl (C=O) groups excluding carboxylic acids is 3. The largest absolute Gasteiger partial charge is 0.394 e. The van der Waals surface area contributed by atoms with Gasteiger partial charge in [0.25, 0.3) is 5.91 Å². The van der Waals surface area contributed by atoms with E-state index in [1.54, 1.807) is 14.5 Å². The topological polar surface area (TPSA) is 121 Å². The molecule has 1 aromatic heterocycles. The number of amides is 3. The van der Waals surface area contributed by atoms with Gasteiger partial charge >= 0.3 is 0 Å². The molecule has 2 fully saturated rings. The van der Waals surface area contributed by atoms with Gasteiger partial charge in [-0.05, 0) is 43.2 Å². The highest BCUT2D eigenvalue weighted by Crippen LogP contribution is 2.58. The monoisotopic (exact) mass is 644 g/mol. The summed E-state index contributed by atoms with van der Waals surface area (Å²) in [5.41, 5.74) is 0.470. The van der Waals surface area contributed by atoms with Crippen molar-refractivity contribution in [2.75, 3.05) is 24.6 Å². The minimum atomic E-state index is -1.46. The van der Waals surface area contributed by atoms with Crippen LogP contribution in [-0.4, -0.2) is 90.6 Å². The second-order valence-electron chi connectivity index (χ2n) is 13.1. The van der Waals surface area contributed by atoms with E-state index < -0.39 is 35.1 Å². The summed E-state index contributed by atoms with van der Waals surface area (Å²) < 4.78 is 8.67. The molecule has 11 nitrogen and oxygen atoms in total. The highest BCUT2D eigenvalue weighted by molar-refractivity contribution is 6.04. The first-order chi connectivity index (χ1) is 23.3. The first-order valence-electron chi connectivity index (χ1n) is 16.3. The first kappa shape index (κ1) is 30.2. The lowest BCUT2D eigenvalue weighted by Crippen LogP contribution is -2.59. The van der Waals surface area contributed by atoms with Crippen LogP contribution in [0.15, 0.2) is 109 Å². The Labute approximate surface area is 277 Å². The van der Waals surface area contributed by atoms with Gasteiger partial charge < -0.3 is 24.5 Å². The molecule has 3 aromatic carbocycles. The molecular formula is C37H36N6O5. The Kier molecular flexibility index (Phi) is 7.26. The molecule has 48 heavy (non-hydrogen) atoms. The summed E-state index contributed by atoms with van der Waals surface area (Å²) in [4.78, 5) is 49.4. The van der Waals surface area contributed by atoms with Crippen molar-refractivity contribution >= 4 is 34.4 Å². The van der Waals surface area contributed by atoms with E-state index in [1.807, 2.05) is 116 Å². The predicted molar refractivity (Wildman–Crippen MR) is 177 cm³/mol. The van der Waals surface area contributed by atoms with Crippen LogP contribution in [0.3, 0.4) is 0 Å². The number of likely N-dealkylation sites (tertiary alicyclic amines) is 1. The Bertz CT molecular complexity index is 1950. The van der Waals surface area contributed by atoms with E-state index in [0.717, 1.165) is 11.1 Å². The van der Waals surface area contributed by atoms with Crippen LogP contribution in [0.25, 0.3) is 11.0 Å². The summed E-state index contributed by atoms with van der Waals surface area (Å²) in [5.74, 6) is -2.91. The quantitative estimate of drug-likeness (QED) is 0.307. The minimum absolute atomic E-state index is 0.0900. The number of rotatable bonds is 7. The van der Waals surface area contributed by atoms with Crippen LogP contribution in [-0.2, 0) is 32.2 Å². The third kappa shape index (κ3) is 4.60. The summed E-state index contributed by atoms with van der Waals surface area (Å²) in [6.07, 6.45) is 7.76. The molecule has 11 heteroatoms. The van der Waals surface area contributed by atoms with Gasteiger partial charge in [-0.1, -0.05) is 90.2 Å². The number of aliphatic hydroxyl groups excluding tert-OH is 1. The maximum atomic E-state index is 15.0. The van der Waals surface area contributed by atoms with Crippen molar-refractivity contribution in [1.29, 1.82) is 0 Å². The SMILES string of the molecule is C[C@@]12C=CCN(c3ccccc3)C(=O)[C@@H]1[C@H]1C(=O)N([C@@H](CO)Cc3ccccc3)C3C(=O)N(Cn4nnc5ccccc54)CC=C[C@@]31O2. The number of para-hydroxylation sites is 2. The van der Waals surface area contributed by atoms with Crippen LogP contribution in [0.5, 0.6) is 0 Å². The number of benzene rings is 3. The highest BCUT2D eigenvalue weighted by Gasteiger charge is 2.75. The van der Waals surface area contributed by atoms with Crippen molar-refractivity contribution in [3.63, 3.8) is 0 Å². The number of fused-ring (bicyclic) bond motifs is 3. The number of hydrogen-bond acceptors (Lipinski definition) is 7. The maximum Gasteiger partial charge on any atom is 0.250 e. The van der Waals surface area contributed by atoms with E-state index in [9.17, 15) is 14.7 Å². The fourth-order valence-corrected chi connectivity index (χ4v) is 8.19. The van der Waals surface area contributed by atoms with E-state index in [4.69, 9.17) is 4.74 Å². The molecule has 1 unspecified atom stereocenters. The van der Waals surface area contributed by atoms with Crippen molar-refractivity contribution in [2.45, 2.75) is 43.3 Å². The number of carbonyl (C=O) groups is 3. The van der Waals surface area contributed by atoms with Gasteiger partial charge in [-0.15, -0.1) is 5.10 Å². The van der Waals surface area contributed by atoms with Crippen LogP contribution in [0.4, 0.5) is 5.69 Å². The number of aromatic nitrogens is 3. The zero-order valence-electron chi connectivity index (χ0n) is 26.5. The molecule has 0 aliphatic carbocycles. The third-order valence-electron chi connectivity index (χ3n) is 10.3. The van der Waals surface area contributed by atoms with Gasteiger partial charge in [0.05, 0.1) is 35.6 Å². The smallest absolute Gasteiger partial charge is 0.250 e. The average Bonchev–Trinajstić information content (AvgIpc) is 3.64. The number of aliphatic hydroxyl groups is 1. The standard InChI is InChI=1S/C37H36N6O5/c1-36-18-10-21-41(26-14-6-3-7-15-26)33(45)30(36)31-34(46)43(27(23-44)22-25-12-4-2-5-13-25)32-35(47)40(20-11-19-37(31,32)48-36)24-42-29-17-9-8-16-28(29)38-39-42/h2-19,27,30-32,44H,20-24H2,1H3/t27-,30+,31+,32?,36-,37+/m1/s1. The van der Waals surface area contributed by atoms with E-state index in [2.05, 4.69) is 10.3 Å². The summed E-state index contributed by atoms with van der Waals surface area (Å²) in [6.45, 7) is 2.09. The summed E-state index contributed by atoms with van der Waals surface area (Å²) in [6, 6.07) is 24.6. The molecule has 4 aliphatic rings. The molecule has 1 N–H and O–H groups in total. The molecule has 1 spiro atoms. The predicted octanol–water partition coefficient (Wildman–Crippen LogP) is 2.96. The maximum absolute atomic E-state index is 15.0. The highest BCUT2D eigenvalue weighted by atomic mass is 16.5. The molecule has 5 heterocycles. The number of anilines is 1. The van der Waals surface area contributed by atoms with Gasteiger partial charge in [-0.2, -0.15) is 0 Å². The second-order valence-corrected chi connectivity index (χ2v) is 13.1. The number of nitrogens with zero attached hydrogens (tertiary/aromatic N) is 6. The van der Waals surface area contributed by atoms with E-state index in [1.165, 1.54) is 4.90 Å². The van der Waals surface area contributed by atoms with Crippen molar-refractivity contribution in [3.8, 4) is 0 Å². The Hall–Kier alpha value is -5.13. The van der Waals surface area contributed by atoms with Crippen LogP contribution in [0, 0.1) is 11.8 Å². The van der Waals surface area contributed by atoms with E-state index in [-0.39, 0.29) is 37.5 Å². The van der Waals surface area contributed by atoms with Crippen molar-refractivity contribution in [3.05, 3.63) is 115 Å². The Balaban J connectivity index is 1.24. The van der Waals surface area contributed by atoms with Crippen LogP contribution in [0.2, 0.25) is 0 Å². The zero-order valence-corrected chi connectivity index (χ0v) is 26.5. The van der Waals surface area contributed by atoms with E-state index >= 15 is 4.79 Å². The second kappa shape index (κ2) is 11.5. The molecule has 4 aliphatic heterocycles. The molecule has 6 atom stereocenters. The van der Waals surface area contributed by atoms with Crippen LogP contribution < -0.4 is 4.90 Å². The van der Waals surface area contributed by atoms with Gasteiger partial charge in [0.1, 0.15) is 23.8 Å². The molecule has 0 saturated carbocycles. The van der Waals surface area contributed by atoms with Gasteiger partial charge in [0.2, 0.25) is 11.8 Å². The molecule has 0 radical (unpaired) electrons. The summed E-state index contributed by atoms with van der Waals surface area (Å²) in [7, 11) is 0. The van der Waals surface area contributed by atoms with Crippen LogP contribution in [0.1, 0.15) is 12.5 Å². The molecule has 4 aromatic rings. The average molecular weight is 645 g/mol. The molecular weight excluding hydrogens is 608 g/mol. The molecule has 3 amide bonds. The normalized spacial score (nSPS) is 28.8. The fraction of sp³-hybridized carbons (Fsp3) is 0.324. The number of ether oxygens (including phenoxy) is 1. The third-order valence-corrected chi connectivity index (χ3v) is 10.3. The minimum Gasteiger partial charge on any atom is -0.394 e. The lowest BCUT2D eigenvalue weighted by atomic mass is 9.74. The Morgan fingerprint density at radius 3 is 2.33 bits per heavy atom. The Morgan fingerprint density at radius 2 is 1.56 bits per heavy atom. The lowest BCUT2D eigenvalue weighted by molar-refractivity contribution is -0.155. The zero-order chi connectivity index (χ0) is 33.0. The number of hydrogen-bond donors (Lipinski definition) is 1. The molecule has 8 rings (SSSR count). The molecule has 244 valence electrons. The lowest BCUT2D eigenvalue weighted by Gasteiger charge is -2.40. The van der Waals surface area contributed by atoms with Crippen molar-refractivity contribution in [1.82, 2.24) is 24.8 Å². The first-order valence-corrected chi connectivity index (χ1v) is 16.3. The van der Waals surface area contributed by atoms with Gasteiger partial charge in [0, 0.05) is 18.8 Å². The molecule has 2 saturated heterocycles.